The van der Waals surface area contributed by atoms with E-state index in [4.69, 9.17) is 9.47 Å². The fraction of sp³-hybridized carbons (Fsp3) is 0.619. The molecule has 2 atom stereocenters. The van der Waals surface area contributed by atoms with Crippen molar-refractivity contribution in [2.24, 2.45) is 11.8 Å². The van der Waals surface area contributed by atoms with Gasteiger partial charge in [-0.05, 0) is 31.4 Å². The molecule has 6 nitrogen and oxygen atoms in total. The van der Waals surface area contributed by atoms with Crippen LogP contribution in [-0.2, 0) is 9.59 Å². The van der Waals surface area contributed by atoms with E-state index in [0.29, 0.717) is 38.6 Å². The van der Waals surface area contributed by atoms with Crippen LogP contribution in [0.5, 0.6) is 11.5 Å². The number of benzene rings is 1. The van der Waals surface area contributed by atoms with Gasteiger partial charge in [-0.1, -0.05) is 19.1 Å². The van der Waals surface area contributed by atoms with Crippen LogP contribution in [0.3, 0.4) is 0 Å². The van der Waals surface area contributed by atoms with Crippen molar-refractivity contribution >= 4 is 11.8 Å². The zero-order valence-electron chi connectivity index (χ0n) is 16.3. The first-order valence-corrected chi connectivity index (χ1v) is 10.0. The maximum absolute atomic E-state index is 12.3. The van der Waals surface area contributed by atoms with E-state index in [2.05, 4.69) is 12.2 Å². The Balaban J connectivity index is 1.38. The lowest BCUT2D eigenvalue weighted by atomic mass is 10.1. The standard InChI is InChI=1S/C21H30N2O4/c1-3-26-18-6-4-5-7-19(18)27-16-9-12-23(13-10-16)20(24)8-11-22-21(25)17-14-15(17)2/h4-7,15-17H,3,8-14H2,1-2H3,(H,22,25)/t15-,17+/m1/s1. The van der Waals surface area contributed by atoms with Crippen molar-refractivity contribution in [2.45, 2.75) is 45.6 Å². The molecule has 1 N–H and O–H groups in total. The first-order valence-electron chi connectivity index (χ1n) is 10.0. The largest absolute Gasteiger partial charge is 0.490 e. The van der Waals surface area contributed by atoms with Crippen LogP contribution in [-0.4, -0.2) is 49.1 Å². The van der Waals surface area contributed by atoms with Crippen LogP contribution in [0, 0.1) is 11.8 Å². The molecule has 1 saturated heterocycles. The molecule has 1 aliphatic heterocycles. The van der Waals surface area contributed by atoms with Crippen molar-refractivity contribution in [1.29, 1.82) is 0 Å². The summed E-state index contributed by atoms with van der Waals surface area (Å²) in [5.74, 6) is 2.38. The van der Waals surface area contributed by atoms with Crippen LogP contribution in [0.25, 0.3) is 0 Å². The Kier molecular flexibility index (Phi) is 6.58. The molecule has 27 heavy (non-hydrogen) atoms. The molecule has 1 aromatic carbocycles. The zero-order valence-corrected chi connectivity index (χ0v) is 16.3. The Morgan fingerprint density at radius 1 is 1.19 bits per heavy atom. The summed E-state index contributed by atoms with van der Waals surface area (Å²) < 4.78 is 11.7. The quantitative estimate of drug-likeness (QED) is 0.760. The molecule has 1 aromatic rings. The first kappa shape index (κ1) is 19.5. The molecule has 148 valence electrons. The maximum Gasteiger partial charge on any atom is 0.224 e. The number of nitrogens with one attached hydrogen (secondary N) is 1. The Labute approximate surface area is 161 Å². The number of amides is 2. The summed E-state index contributed by atoms with van der Waals surface area (Å²) >= 11 is 0. The number of nitrogens with zero attached hydrogens (tertiary/aromatic N) is 1. The normalized spacial score (nSPS) is 22.2. The fourth-order valence-corrected chi connectivity index (χ4v) is 3.49. The third-order valence-corrected chi connectivity index (χ3v) is 5.32. The minimum atomic E-state index is 0.0895. The van der Waals surface area contributed by atoms with Crippen molar-refractivity contribution in [3.63, 3.8) is 0 Å². The molecule has 1 heterocycles. The van der Waals surface area contributed by atoms with Gasteiger partial charge < -0.3 is 19.7 Å². The van der Waals surface area contributed by atoms with Gasteiger partial charge in [0.25, 0.3) is 0 Å². The van der Waals surface area contributed by atoms with Gasteiger partial charge in [0, 0.05) is 44.8 Å². The number of likely N-dealkylation sites (tertiary alicyclic amines) is 1. The van der Waals surface area contributed by atoms with E-state index in [1.807, 2.05) is 36.1 Å². The average Bonchev–Trinajstić information content (AvgIpc) is 3.41. The highest BCUT2D eigenvalue weighted by Gasteiger charge is 2.38. The number of rotatable bonds is 8. The predicted octanol–water partition coefficient (Wildman–Crippen LogP) is 2.62. The van der Waals surface area contributed by atoms with E-state index in [0.717, 1.165) is 30.8 Å². The second-order valence-electron chi connectivity index (χ2n) is 7.44. The Hall–Kier alpha value is -2.24. The van der Waals surface area contributed by atoms with Gasteiger partial charge in [0.2, 0.25) is 11.8 Å². The van der Waals surface area contributed by atoms with Gasteiger partial charge in [0.05, 0.1) is 6.61 Å². The third kappa shape index (κ3) is 5.37. The van der Waals surface area contributed by atoms with Gasteiger partial charge in [-0.15, -0.1) is 0 Å². The molecule has 0 radical (unpaired) electrons. The summed E-state index contributed by atoms with van der Waals surface area (Å²) in [6.07, 6.45) is 3.04. The summed E-state index contributed by atoms with van der Waals surface area (Å²) in [7, 11) is 0. The highest BCUT2D eigenvalue weighted by molar-refractivity contribution is 5.82. The molecule has 2 aliphatic rings. The second-order valence-corrected chi connectivity index (χ2v) is 7.44. The lowest BCUT2D eigenvalue weighted by Crippen LogP contribution is -2.43. The number of piperidine rings is 1. The monoisotopic (exact) mass is 374 g/mol. The van der Waals surface area contributed by atoms with Crippen molar-refractivity contribution in [3.05, 3.63) is 24.3 Å². The molecular weight excluding hydrogens is 344 g/mol. The minimum absolute atomic E-state index is 0.0895. The summed E-state index contributed by atoms with van der Waals surface area (Å²) in [5, 5.41) is 2.88. The summed E-state index contributed by atoms with van der Waals surface area (Å²) in [6, 6.07) is 7.70. The van der Waals surface area contributed by atoms with E-state index in [-0.39, 0.29) is 23.8 Å². The fourth-order valence-electron chi connectivity index (χ4n) is 3.49. The smallest absolute Gasteiger partial charge is 0.224 e. The SMILES string of the molecule is CCOc1ccccc1OC1CCN(C(=O)CCNC(=O)[C@H]2C[C@H]2C)CC1. The molecular formula is C21H30N2O4. The molecule has 6 heteroatoms. The van der Waals surface area contributed by atoms with Crippen LogP contribution >= 0.6 is 0 Å². The molecule has 0 aromatic heterocycles. The second kappa shape index (κ2) is 9.11. The van der Waals surface area contributed by atoms with Crippen molar-refractivity contribution in [2.75, 3.05) is 26.2 Å². The lowest BCUT2D eigenvalue weighted by Gasteiger charge is -2.32. The number of ether oxygens (including phenoxy) is 2. The highest BCUT2D eigenvalue weighted by atomic mass is 16.5. The number of hydrogen-bond donors (Lipinski definition) is 1. The zero-order chi connectivity index (χ0) is 19.2. The maximum atomic E-state index is 12.3. The van der Waals surface area contributed by atoms with Gasteiger partial charge in [-0.2, -0.15) is 0 Å². The third-order valence-electron chi connectivity index (χ3n) is 5.32. The van der Waals surface area contributed by atoms with Crippen LogP contribution in [0.4, 0.5) is 0 Å². The molecule has 0 unspecified atom stereocenters. The van der Waals surface area contributed by atoms with E-state index in [1.54, 1.807) is 0 Å². The van der Waals surface area contributed by atoms with Crippen LogP contribution in [0.2, 0.25) is 0 Å². The molecule has 2 amide bonds. The van der Waals surface area contributed by atoms with Crippen molar-refractivity contribution < 1.29 is 19.1 Å². The van der Waals surface area contributed by atoms with Crippen LogP contribution in [0.1, 0.15) is 39.5 Å². The number of para-hydroxylation sites is 2. The summed E-state index contributed by atoms with van der Waals surface area (Å²) in [5.41, 5.74) is 0. The first-order chi connectivity index (χ1) is 13.1. The molecule has 1 saturated carbocycles. The topological polar surface area (TPSA) is 67.9 Å². The van der Waals surface area contributed by atoms with E-state index in [1.165, 1.54) is 0 Å². The minimum Gasteiger partial charge on any atom is -0.490 e. The predicted molar refractivity (Wildman–Crippen MR) is 103 cm³/mol. The lowest BCUT2D eigenvalue weighted by molar-refractivity contribution is -0.133. The Morgan fingerprint density at radius 3 is 2.48 bits per heavy atom. The molecule has 1 aliphatic carbocycles. The molecule has 2 fully saturated rings. The van der Waals surface area contributed by atoms with E-state index < -0.39 is 0 Å². The Morgan fingerprint density at radius 2 is 1.85 bits per heavy atom. The molecule has 0 spiro atoms. The van der Waals surface area contributed by atoms with Crippen molar-refractivity contribution in [1.82, 2.24) is 10.2 Å². The van der Waals surface area contributed by atoms with Gasteiger partial charge in [0.15, 0.2) is 11.5 Å². The average molecular weight is 374 g/mol. The van der Waals surface area contributed by atoms with Crippen LogP contribution in [0.15, 0.2) is 24.3 Å². The van der Waals surface area contributed by atoms with Gasteiger partial charge in [-0.25, -0.2) is 0 Å². The van der Waals surface area contributed by atoms with Gasteiger partial charge >= 0.3 is 0 Å². The molecule has 3 rings (SSSR count). The Bertz CT molecular complexity index is 655. The summed E-state index contributed by atoms with van der Waals surface area (Å²) in [6.45, 7) is 6.44. The van der Waals surface area contributed by atoms with Crippen molar-refractivity contribution in [3.8, 4) is 11.5 Å². The number of carbonyl (C=O) groups excluding carboxylic acids is 2. The highest BCUT2D eigenvalue weighted by Crippen LogP contribution is 2.37. The summed E-state index contributed by atoms with van der Waals surface area (Å²) in [4.78, 5) is 26.0. The van der Waals surface area contributed by atoms with Gasteiger partial charge in [0.1, 0.15) is 6.10 Å². The number of hydrogen-bond acceptors (Lipinski definition) is 4. The molecule has 0 bridgehead atoms. The van der Waals surface area contributed by atoms with E-state index >= 15 is 0 Å². The van der Waals surface area contributed by atoms with Crippen LogP contribution < -0.4 is 14.8 Å². The number of carbonyl (C=O) groups is 2. The van der Waals surface area contributed by atoms with E-state index in [9.17, 15) is 9.59 Å². The van der Waals surface area contributed by atoms with Gasteiger partial charge in [-0.3, -0.25) is 9.59 Å².